The van der Waals surface area contributed by atoms with Gasteiger partial charge in [0.15, 0.2) is 0 Å². The van der Waals surface area contributed by atoms with Crippen LogP contribution in [0.25, 0.3) is 0 Å². The maximum absolute atomic E-state index is 13.8. The van der Waals surface area contributed by atoms with Gasteiger partial charge in [-0.1, -0.05) is 13.8 Å². The molecule has 1 aliphatic carbocycles. The third-order valence-corrected chi connectivity index (χ3v) is 3.28. The van der Waals surface area contributed by atoms with Gasteiger partial charge in [0.2, 0.25) is 0 Å². The Morgan fingerprint density at radius 2 is 2.39 bits per heavy atom. The minimum atomic E-state index is -0.748. The van der Waals surface area contributed by atoms with E-state index in [-0.39, 0.29) is 11.5 Å². The number of nitrogens with one attached hydrogen (secondary N) is 1. The molecule has 2 rings (SSSR count). The second kappa shape index (κ2) is 5.02. The van der Waals surface area contributed by atoms with Gasteiger partial charge >= 0.3 is 0 Å². The molecule has 2 atom stereocenters. The van der Waals surface area contributed by atoms with Crippen LogP contribution in [-0.2, 0) is 0 Å². The lowest BCUT2D eigenvalue weighted by Gasteiger charge is -2.05. The van der Waals surface area contributed by atoms with Gasteiger partial charge in [-0.15, -0.1) is 0 Å². The van der Waals surface area contributed by atoms with Gasteiger partial charge in [0, 0.05) is 12.1 Å². The van der Waals surface area contributed by atoms with Crippen molar-refractivity contribution in [2.75, 3.05) is 0 Å². The first-order valence-electron chi connectivity index (χ1n) is 6.12. The Bertz CT molecular complexity index is 462. The summed E-state index contributed by atoms with van der Waals surface area (Å²) in [5.74, 6) is 0.0699. The van der Waals surface area contributed by atoms with E-state index in [0.29, 0.717) is 17.5 Å². The Kier molecular flexibility index (Phi) is 3.61. The number of rotatable bonds is 4. The van der Waals surface area contributed by atoms with Crippen LogP contribution >= 0.6 is 0 Å². The fraction of sp³-hybridized carbons (Fsp3) is 0.538. The van der Waals surface area contributed by atoms with Crippen LogP contribution in [0.3, 0.4) is 0 Å². The van der Waals surface area contributed by atoms with E-state index in [1.165, 1.54) is 11.7 Å². The first kappa shape index (κ1) is 13.0. The number of aromatic nitrogens is 1. The normalized spacial score (nSPS) is 22.1. The van der Waals surface area contributed by atoms with Crippen molar-refractivity contribution < 1.29 is 14.4 Å². The van der Waals surface area contributed by atoms with E-state index in [1.807, 2.05) is 0 Å². The van der Waals surface area contributed by atoms with Crippen LogP contribution in [0.2, 0.25) is 0 Å². The average molecular weight is 252 g/mol. The molecule has 98 valence electrons. The first-order chi connectivity index (χ1) is 8.52. The largest absolute Gasteiger partial charge is 0.288 e. The third-order valence-electron chi connectivity index (χ3n) is 3.28. The highest BCUT2D eigenvalue weighted by atomic mass is 19.1. The topological polar surface area (TPSA) is 62.2 Å². The van der Waals surface area contributed by atoms with Gasteiger partial charge in [0.25, 0.3) is 5.91 Å². The summed E-state index contributed by atoms with van der Waals surface area (Å²) >= 11 is 0. The van der Waals surface area contributed by atoms with Crippen LogP contribution in [0.1, 0.15) is 48.7 Å². The molecular weight excluding hydrogens is 235 g/mol. The molecule has 1 aliphatic rings. The Morgan fingerprint density at radius 3 is 2.94 bits per heavy atom. The summed E-state index contributed by atoms with van der Waals surface area (Å²) in [7, 11) is 0. The Labute approximate surface area is 105 Å². The molecule has 1 heterocycles. The van der Waals surface area contributed by atoms with Gasteiger partial charge < -0.3 is 0 Å². The lowest BCUT2D eigenvalue weighted by Crippen LogP contribution is -2.19. The van der Waals surface area contributed by atoms with Gasteiger partial charge in [0.1, 0.15) is 5.82 Å². The molecule has 2 unspecified atom stereocenters. The molecule has 0 bridgehead atoms. The van der Waals surface area contributed by atoms with E-state index in [2.05, 4.69) is 18.8 Å². The van der Waals surface area contributed by atoms with Crippen molar-refractivity contribution >= 4 is 5.91 Å². The highest BCUT2D eigenvalue weighted by Gasteiger charge is 2.41. The van der Waals surface area contributed by atoms with E-state index in [9.17, 15) is 9.18 Å². The lowest BCUT2D eigenvalue weighted by molar-refractivity contribution is 0.0705. The van der Waals surface area contributed by atoms with Gasteiger partial charge in [-0.3, -0.25) is 15.0 Å². The summed E-state index contributed by atoms with van der Waals surface area (Å²) in [5, 5.41) is 8.46. The molecule has 0 radical (unpaired) electrons. The summed E-state index contributed by atoms with van der Waals surface area (Å²) in [6.07, 6.45) is 3.34. The molecule has 2 N–H and O–H groups in total. The minimum absolute atomic E-state index is 0.0276. The molecule has 5 heteroatoms. The molecule has 18 heavy (non-hydrogen) atoms. The molecule has 0 spiro atoms. The standard InChI is InChI=1S/C13H17FN2O2/c1-7(2)3-8-4-10(8)12-11(14)5-9(6-15-12)13(17)16-18/h5-8,10,18H,3-4H2,1-2H3,(H,16,17). The zero-order valence-corrected chi connectivity index (χ0v) is 10.5. The van der Waals surface area contributed by atoms with Crippen molar-refractivity contribution in [1.29, 1.82) is 0 Å². The summed E-state index contributed by atoms with van der Waals surface area (Å²) < 4.78 is 13.8. The Balaban J connectivity index is 2.10. The summed E-state index contributed by atoms with van der Waals surface area (Å²) in [5.41, 5.74) is 1.93. The molecule has 0 aromatic carbocycles. The van der Waals surface area contributed by atoms with Crippen LogP contribution in [0.5, 0.6) is 0 Å². The quantitative estimate of drug-likeness (QED) is 0.639. The average Bonchev–Trinajstić information content (AvgIpc) is 3.06. The predicted octanol–water partition coefficient (Wildman–Crippen LogP) is 2.49. The van der Waals surface area contributed by atoms with E-state index in [0.717, 1.165) is 18.9 Å². The number of pyridine rings is 1. The fourth-order valence-corrected chi connectivity index (χ4v) is 2.36. The van der Waals surface area contributed by atoms with Gasteiger partial charge in [-0.05, 0) is 30.7 Å². The van der Waals surface area contributed by atoms with Crippen LogP contribution in [-0.4, -0.2) is 16.1 Å². The number of halogens is 1. The smallest absolute Gasteiger partial charge is 0.276 e. The van der Waals surface area contributed by atoms with E-state index in [1.54, 1.807) is 0 Å². The summed E-state index contributed by atoms with van der Waals surface area (Å²) in [6.45, 7) is 4.29. The van der Waals surface area contributed by atoms with Gasteiger partial charge in [-0.25, -0.2) is 9.87 Å². The molecule has 1 saturated carbocycles. The van der Waals surface area contributed by atoms with Crippen LogP contribution in [0.15, 0.2) is 12.3 Å². The summed E-state index contributed by atoms with van der Waals surface area (Å²) in [6, 6.07) is 1.12. The highest BCUT2D eigenvalue weighted by Crippen LogP contribution is 2.50. The number of carbonyl (C=O) groups is 1. The first-order valence-corrected chi connectivity index (χ1v) is 6.12. The molecule has 1 amide bonds. The number of hydroxylamine groups is 1. The minimum Gasteiger partial charge on any atom is -0.288 e. The van der Waals surface area contributed by atoms with Crippen molar-refractivity contribution in [2.24, 2.45) is 11.8 Å². The Morgan fingerprint density at radius 1 is 1.67 bits per heavy atom. The second-order valence-corrected chi connectivity index (χ2v) is 5.26. The monoisotopic (exact) mass is 252 g/mol. The van der Waals surface area contributed by atoms with Gasteiger partial charge in [0.05, 0.1) is 11.3 Å². The van der Waals surface area contributed by atoms with Crippen LogP contribution < -0.4 is 5.48 Å². The molecule has 0 saturated heterocycles. The van der Waals surface area contributed by atoms with E-state index >= 15 is 0 Å². The Hall–Kier alpha value is -1.49. The molecule has 1 aromatic heterocycles. The van der Waals surface area contributed by atoms with Crippen molar-refractivity contribution in [2.45, 2.75) is 32.6 Å². The number of amides is 1. The van der Waals surface area contributed by atoms with Gasteiger partial charge in [-0.2, -0.15) is 0 Å². The molecule has 0 aliphatic heterocycles. The van der Waals surface area contributed by atoms with Crippen LogP contribution in [0, 0.1) is 17.7 Å². The molecular formula is C13H17FN2O2. The lowest BCUT2D eigenvalue weighted by atomic mass is 10.0. The van der Waals surface area contributed by atoms with Crippen molar-refractivity contribution in [3.05, 3.63) is 29.3 Å². The number of nitrogens with zero attached hydrogens (tertiary/aromatic N) is 1. The number of carbonyl (C=O) groups excluding carboxylic acids is 1. The third kappa shape index (κ3) is 2.67. The van der Waals surface area contributed by atoms with Crippen molar-refractivity contribution in [3.63, 3.8) is 0 Å². The maximum Gasteiger partial charge on any atom is 0.276 e. The van der Waals surface area contributed by atoms with Crippen molar-refractivity contribution in [3.8, 4) is 0 Å². The molecule has 1 aromatic rings. The van der Waals surface area contributed by atoms with Crippen LogP contribution in [0.4, 0.5) is 4.39 Å². The maximum atomic E-state index is 13.8. The molecule has 1 fully saturated rings. The summed E-state index contributed by atoms with van der Waals surface area (Å²) in [4.78, 5) is 15.1. The van der Waals surface area contributed by atoms with Crippen molar-refractivity contribution in [1.82, 2.24) is 10.5 Å². The van der Waals surface area contributed by atoms with E-state index < -0.39 is 11.7 Å². The number of hydrogen-bond donors (Lipinski definition) is 2. The highest BCUT2D eigenvalue weighted by molar-refractivity contribution is 5.92. The fourth-order valence-electron chi connectivity index (χ4n) is 2.36. The zero-order chi connectivity index (χ0) is 13.3. The predicted molar refractivity (Wildman–Crippen MR) is 63.8 cm³/mol. The second-order valence-electron chi connectivity index (χ2n) is 5.26. The SMILES string of the molecule is CC(C)CC1CC1c1ncc(C(=O)NO)cc1F. The zero-order valence-electron chi connectivity index (χ0n) is 10.5. The van der Waals surface area contributed by atoms with E-state index in [4.69, 9.17) is 5.21 Å². The molecule has 4 nitrogen and oxygen atoms in total. The number of hydrogen-bond acceptors (Lipinski definition) is 3.